The van der Waals surface area contributed by atoms with Crippen LogP contribution in [0.15, 0.2) is 23.1 Å². The van der Waals surface area contributed by atoms with Gasteiger partial charge in [0.1, 0.15) is 10.7 Å². The molecule has 0 spiro atoms. The van der Waals surface area contributed by atoms with Gasteiger partial charge in [0.05, 0.1) is 0 Å². The van der Waals surface area contributed by atoms with Gasteiger partial charge in [0.15, 0.2) is 9.84 Å². The van der Waals surface area contributed by atoms with E-state index >= 15 is 0 Å². The second kappa shape index (κ2) is 6.75. The van der Waals surface area contributed by atoms with Crippen molar-refractivity contribution in [2.75, 3.05) is 25.9 Å². The smallest absolute Gasteiger partial charge is 0.251 e. The van der Waals surface area contributed by atoms with Crippen LogP contribution in [0.1, 0.15) is 30.1 Å². The van der Waals surface area contributed by atoms with Gasteiger partial charge in [-0.05, 0) is 44.1 Å². The Bertz CT molecular complexity index is 661. The van der Waals surface area contributed by atoms with Crippen LogP contribution in [0.5, 0.6) is 0 Å². The molecule has 0 aromatic heterocycles. The lowest BCUT2D eigenvalue weighted by Gasteiger charge is -2.22. The maximum absolute atomic E-state index is 13.5. The zero-order valence-electron chi connectivity index (χ0n) is 12.8. The third-order valence-electron chi connectivity index (χ3n) is 4.00. The lowest BCUT2D eigenvalue weighted by molar-refractivity contribution is 0.0941. The minimum absolute atomic E-state index is 0.155. The van der Waals surface area contributed by atoms with E-state index in [-0.39, 0.29) is 11.5 Å². The molecule has 122 valence electrons. The number of carbonyl (C=O) groups excluding carboxylic acids is 1. The Balaban J connectivity index is 2.07. The molecule has 22 heavy (non-hydrogen) atoms. The number of benzene rings is 1. The second-order valence-electron chi connectivity index (χ2n) is 5.55. The summed E-state index contributed by atoms with van der Waals surface area (Å²) in [6.07, 6.45) is 3.07. The standard InChI is InChI=1S/C15H21FN2O3S/c1-3-18-8-4-5-12(18)10-17-15(19)11-6-7-13(16)14(9-11)22(2,20)21/h6-7,9,12H,3-5,8,10H2,1-2H3,(H,17,19). The maximum Gasteiger partial charge on any atom is 0.251 e. The first-order chi connectivity index (χ1) is 10.3. The van der Waals surface area contributed by atoms with Gasteiger partial charge in [0.25, 0.3) is 5.91 Å². The van der Waals surface area contributed by atoms with Crippen molar-refractivity contribution in [2.24, 2.45) is 0 Å². The molecule has 1 aromatic carbocycles. The molecular weight excluding hydrogens is 307 g/mol. The number of likely N-dealkylation sites (N-methyl/N-ethyl adjacent to an activating group) is 1. The largest absolute Gasteiger partial charge is 0.350 e. The van der Waals surface area contributed by atoms with E-state index in [4.69, 9.17) is 0 Å². The molecule has 1 fully saturated rings. The molecular formula is C15H21FN2O3S. The monoisotopic (exact) mass is 328 g/mol. The van der Waals surface area contributed by atoms with Crippen molar-refractivity contribution in [1.82, 2.24) is 10.2 Å². The highest BCUT2D eigenvalue weighted by molar-refractivity contribution is 7.90. The van der Waals surface area contributed by atoms with Gasteiger partial charge in [-0.25, -0.2) is 12.8 Å². The molecule has 1 saturated heterocycles. The maximum atomic E-state index is 13.5. The van der Waals surface area contributed by atoms with Crippen LogP contribution < -0.4 is 5.32 Å². The van der Waals surface area contributed by atoms with Crippen molar-refractivity contribution in [2.45, 2.75) is 30.7 Å². The van der Waals surface area contributed by atoms with Crippen LogP contribution in [-0.2, 0) is 9.84 Å². The van der Waals surface area contributed by atoms with Crippen LogP contribution in [0, 0.1) is 5.82 Å². The van der Waals surface area contributed by atoms with Crippen molar-refractivity contribution in [3.05, 3.63) is 29.6 Å². The van der Waals surface area contributed by atoms with E-state index in [0.717, 1.165) is 44.3 Å². The molecule has 1 aliphatic rings. The Labute approximate surface area is 130 Å². The predicted molar refractivity (Wildman–Crippen MR) is 82.1 cm³/mol. The molecule has 5 nitrogen and oxygen atoms in total. The number of likely N-dealkylation sites (tertiary alicyclic amines) is 1. The fourth-order valence-electron chi connectivity index (χ4n) is 2.78. The minimum atomic E-state index is -3.70. The summed E-state index contributed by atoms with van der Waals surface area (Å²) in [4.78, 5) is 14.0. The van der Waals surface area contributed by atoms with Crippen LogP contribution in [0.25, 0.3) is 0 Å². The Morgan fingerprint density at radius 3 is 2.82 bits per heavy atom. The number of amides is 1. The highest BCUT2D eigenvalue weighted by Crippen LogP contribution is 2.18. The Hall–Kier alpha value is -1.47. The van der Waals surface area contributed by atoms with E-state index < -0.39 is 20.5 Å². The van der Waals surface area contributed by atoms with E-state index in [9.17, 15) is 17.6 Å². The zero-order valence-corrected chi connectivity index (χ0v) is 13.6. The Morgan fingerprint density at radius 1 is 1.45 bits per heavy atom. The van der Waals surface area contributed by atoms with Gasteiger partial charge >= 0.3 is 0 Å². The van der Waals surface area contributed by atoms with Crippen molar-refractivity contribution in [3.8, 4) is 0 Å². The van der Waals surface area contributed by atoms with Gasteiger partial charge in [-0.1, -0.05) is 6.92 Å². The summed E-state index contributed by atoms with van der Waals surface area (Å²) in [7, 11) is -3.70. The molecule has 0 radical (unpaired) electrons. The first-order valence-electron chi connectivity index (χ1n) is 7.34. The molecule has 7 heteroatoms. The summed E-state index contributed by atoms with van der Waals surface area (Å²) >= 11 is 0. The first kappa shape index (κ1) is 16.9. The van der Waals surface area contributed by atoms with Crippen molar-refractivity contribution < 1.29 is 17.6 Å². The molecule has 1 amide bonds. The van der Waals surface area contributed by atoms with E-state index in [0.29, 0.717) is 12.6 Å². The highest BCUT2D eigenvalue weighted by atomic mass is 32.2. The van der Waals surface area contributed by atoms with E-state index in [1.54, 1.807) is 0 Å². The summed E-state index contributed by atoms with van der Waals surface area (Å²) in [5.41, 5.74) is 0.155. The average molecular weight is 328 g/mol. The quantitative estimate of drug-likeness (QED) is 0.888. The van der Waals surface area contributed by atoms with Crippen LogP contribution in [0.2, 0.25) is 0 Å². The first-order valence-corrected chi connectivity index (χ1v) is 9.24. The van der Waals surface area contributed by atoms with Gasteiger partial charge in [0.2, 0.25) is 0 Å². The van der Waals surface area contributed by atoms with Gasteiger partial charge in [-0.15, -0.1) is 0 Å². The van der Waals surface area contributed by atoms with Crippen LogP contribution in [0.3, 0.4) is 0 Å². The summed E-state index contributed by atoms with van der Waals surface area (Å²) in [6, 6.07) is 3.71. The number of rotatable bonds is 5. The fourth-order valence-corrected chi connectivity index (χ4v) is 3.55. The highest BCUT2D eigenvalue weighted by Gasteiger charge is 2.23. The number of sulfone groups is 1. The molecule has 0 bridgehead atoms. The molecule has 1 heterocycles. The molecule has 1 aliphatic heterocycles. The van der Waals surface area contributed by atoms with Gasteiger partial charge in [-0.3, -0.25) is 9.69 Å². The Kier molecular flexibility index (Phi) is 5.18. The number of nitrogens with zero attached hydrogens (tertiary/aromatic N) is 1. The van der Waals surface area contributed by atoms with Crippen LogP contribution >= 0.6 is 0 Å². The number of hydrogen-bond acceptors (Lipinski definition) is 4. The summed E-state index contributed by atoms with van der Waals surface area (Å²) in [6.45, 7) is 4.57. The molecule has 0 aliphatic carbocycles. The number of hydrogen-bond donors (Lipinski definition) is 1. The zero-order chi connectivity index (χ0) is 16.3. The van der Waals surface area contributed by atoms with Gasteiger partial charge in [-0.2, -0.15) is 0 Å². The van der Waals surface area contributed by atoms with Gasteiger partial charge in [0, 0.05) is 24.4 Å². The molecule has 0 saturated carbocycles. The molecule has 1 N–H and O–H groups in total. The Morgan fingerprint density at radius 2 is 2.18 bits per heavy atom. The lowest BCUT2D eigenvalue weighted by atomic mass is 10.2. The van der Waals surface area contributed by atoms with E-state index in [1.165, 1.54) is 6.07 Å². The number of nitrogens with one attached hydrogen (secondary N) is 1. The molecule has 1 atom stereocenters. The van der Waals surface area contributed by atoms with Gasteiger partial charge < -0.3 is 5.32 Å². The van der Waals surface area contributed by atoms with Crippen molar-refractivity contribution in [1.29, 1.82) is 0 Å². The van der Waals surface area contributed by atoms with Crippen LogP contribution in [-0.4, -0.2) is 51.2 Å². The number of carbonyl (C=O) groups is 1. The van der Waals surface area contributed by atoms with E-state index in [2.05, 4.69) is 17.1 Å². The predicted octanol–water partition coefficient (Wildman–Crippen LogP) is 1.44. The summed E-state index contributed by atoms with van der Waals surface area (Å²) in [5, 5.41) is 2.81. The van der Waals surface area contributed by atoms with Crippen LogP contribution in [0.4, 0.5) is 4.39 Å². The molecule has 1 aromatic rings. The number of halogens is 1. The third-order valence-corrected chi connectivity index (χ3v) is 5.11. The van der Waals surface area contributed by atoms with Crippen molar-refractivity contribution >= 4 is 15.7 Å². The fraction of sp³-hybridized carbons (Fsp3) is 0.533. The summed E-state index contributed by atoms with van der Waals surface area (Å²) < 4.78 is 36.5. The SMILES string of the molecule is CCN1CCCC1CNC(=O)c1ccc(F)c(S(C)(=O)=O)c1. The summed E-state index contributed by atoms with van der Waals surface area (Å²) in [5.74, 6) is -1.22. The minimum Gasteiger partial charge on any atom is -0.350 e. The van der Waals surface area contributed by atoms with Crippen molar-refractivity contribution in [3.63, 3.8) is 0 Å². The molecule has 2 rings (SSSR count). The lowest BCUT2D eigenvalue weighted by Crippen LogP contribution is -2.40. The average Bonchev–Trinajstić information content (AvgIpc) is 2.91. The normalized spacial score (nSPS) is 19.3. The third kappa shape index (κ3) is 3.84. The molecule has 1 unspecified atom stereocenters. The van der Waals surface area contributed by atoms with E-state index in [1.807, 2.05) is 0 Å². The topological polar surface area (TPSA) is 66.5 Å². The second-order valence-corrected chi connectivity index (χ2v) is 7.54.